The average Bonchev–Trinajstić information content (AvgIpc) is 2.08. The molecule has 0 bridgehead atoms. The first-order valence-electron chi connectivity index (χ1n) is 3.73. The number of carbonyl (C=O) groups is 1. The summed E-state index contributed by atoms with van der Waals surface area (Å²) in [6, 6.07) is 3.89. The molecule has 1 rings (SSSR count). The number of benzene rings is 1. The van der Waals surface area contributed by atoms with Gasteiger partial charge >= 0.3 is 6.61 Å². The van der Waals surface area contributed by atoms with Gasteiger partial charge in [-0.1, -0.05) is 24.2 Å². The maximum Gasteiger partial charge on any atom is 0.387 e. The Kier molecular flexibility index (Phi) is 4.16. The van der Waals surface area contributed by atoms with Gasteiger partial charge in [-0.25, -0.2) is 0 Å². The van der Waals surface area contributed by atoms with Gasteiger partial charge in [-0.2, -0.15) is 8.78 Å². The lowest BCUT2D eigenvalue weighted by Crippen LogP contribution is -2.04. The highest BCUT2D eigenvalue weighted by Crippen LogP contribution is 2.28. The van der Waals surface area contributed by atoms with Crippen molar-refractivity contribution < 1.29 is 18.3 Å². The summed E-state index contributed by atoms with van der Waals surface area (Å²) >= 11 is 9.10. The molecule has 0 aliphatic heterocycles. The maximum absolute atomic E-state index is 11.8. The third-order valence-corrected chi connectivity index (χ3v) is 1.81. The minimum Gasteiger partial charge on any atom is -0.433 e. The smallest absolute Gasteiger partial charge is 0.387 e. The Morgan fingerprint density at radius 3 is 2.67 bits per heavy atom. The summed E-state index contributed by atoms with van der Waals surface area (Å²) < 4.78 is 27.8. The molecule has 0 saturated heterocycles. The third-order valence-electron chi connectivity index (χ3n) is 1.40. The Morgan fingerprint density at radius 1 is 1.53 bits per heavy atom. The van der Waals surface area contributed by atoms with Crippen LogP contribution >= 0.6 is 24.2 Å². The van der Waals surface area contributed by atoms with Crippen LogP contribution in [0.4, 0.5) is 19.3 Å². The van der Waals surface area contributed by atoms with Gasteiger partial charge in [0.05, 0.1) is 5.02 Å². The number of hydrogen-bond acceptors (Lipinski definition) is 2. The molecular weight excluding hydrogens is 248 g/mol. The molecule has 0 aliphatic carbocycles. The Balaban J connectivity index is 2.83. The first kappa shape index (κ1) is 12.1. The average molecular weight is 254 g/mol. The molecule has 1 aromatic carbocycles. The Hall–Kier alpha value is -1.01. The van der Waals surface area contributed by atoms with Gasteiger partial charge in [-0.15, -0.1) is 0 Å². The topological polar surface area (TPSA) is 38.3 Å². The molecule has 0 aliphatic rings. The van der Waals surface area contributed by atoms with E-state index >= 15 is 0 Å². The lowest BCUT2D eigenvalue weighted by Gasteiger charge is -2.08. The van der Waals surface area contributed by atoms with Gasteiger partial charge in [-0.05, 0) is 18.2 Å². The number of hydrogen-bond donors (Lipinski definition) is 2. The molecule has 82 valence electrons. The van der Waals surface area contributed by atoms with E-state index in [-0.39, 0.29) is 10.8 Å². The van der Waals surface area contributed by atoms with E-state index in [0.717, 1.165) is 0 Å². The van der Waals surface area contributed by atoms with Crippen LogP contribution in [0.25, 0.3) is 0 Å². The second-order valence-electron chi connectivity index (χ2n) is 2.45. The van der Waals surface area contributed by atoms with Crippen LogP contribution in [0.5, 0.6) is 5.75 Å². The highest BCUT2D eigenvalue weighted by Gasteiger charge is 2.09. The van der Waals surface area contributed by atoms with Gasteiger partial charge in [0.1, 0.15) is 5.75 Å². The van der Waals surface area contributed by atoms with Gasteiger partial charge in [0.2, 0.25) is 0 Å². The number of nitrogens with one attached hydrogen (secondary N) is 1. The van der Waals surface area contributed by atoms with Crippen LogP contribution in [0.2, 0.25) is 5.02 Å². The van der Waals surface area contributed by atoms with Crippen LogP contribution in [0.15, 0.2) is 18.2 Å². The van der Waals surface area contributed by atoms with Crippen molar-refractivity contribution in [3.63, 3.8) is 0 Å². The summed E-state index contributed by atoms with van der Waals surface area (Å²) in [6.45, 7) is -2.94. The van der Waals surface area contributed by atoms with E-state index in [2.05, 4.69) is 22.7 Å². The van der Waals surface area contributed by atoms with Crippen molar-refractivity contribution in [2.24, 2.45) is 0 Å². The van der Waals surface area contributed by atoms with E-state index in [1.165, 1.54) is 18.2 Å². The number of carbonyl (C=O) groups excluding carboxylic acids is 1. The van der Waals surface area contributed by atoms with Crippen LogP contribution in [-0.4, -0.2) is 11.9 Å². The third kappa shape index (κ3) is 3.93. The zero-order valence-electron chi connectivity index (χ0n) is 7.21. The van der Waals surface area contributed by atoms with Gasteiger partial charge in [0, 0.05) is 5.69 Å². The number of halogens is 3. The molecule has 1 aromatic rings. The molecular formula is C8H6ClF2NO2S. The Bertz CT molecular complexity index is 376. The fourth-order valence-corrected chi connectivity index (χ4v) is 1.25. The van der Waals surface area contributed by atoms with E-state index < -0.39 is 11.9 Å². The van der Waals surface area contributed by atoms with E-state index in [4.69, 9.17) is 11.6 Å². The van der Waals surface area contributed by atoms with Crippen LogP contribution in [-0.2, 0) is 0 Å². The van der Waals surface area contributed by atoms with Crippen molar-refractivity contribution >= 4 is 35.2 Å². The van der Waals surface area contributed by atoms with Crippen molar-refractivity contribution in [2.75, 3.05) is 5.32 Å². The van der Waals surface area contributed by atoms with Crippen LogP contribution in [0, 0.1) is 0 Å². The second-order valence-corrected chi connectivity index (χ2v) is 3.27. The first-order valence-corrected chi connectivity index (χ1v) is 4.56. The lowest BCUT2D eigenvalue weighted by molar-refractivity contribution is -0.0497. The maximum atomic E-state index is 11.8. The summed E-state index contributed by atoms with van der Waals surface area (Å²) in [6.07, 6.45) is 0. The lowest BCUT2D eigenvalue weighted by atomic mass is 10.3. The highest BCUT2D eigenvalue weighted by molar-refractivity contribution is 7.96. The van der Waals surface area contributed by atoms with Gasteiger partial charge < -0.3 is 10.1 Å². The zero-order chi connectivity index (χ0) is 11.4. The number of anilines is 1. The number of thiol groups is 1. The molecule has 0 aromatic heterocycles. The minimum absolute atomic E-state index is 0.0186. The van der Waals surface area contributed by atoms with E-state index in [1.54, 1.807) is 0 Å². The standard InChI is InChI=1S/C8H6ClF2NO2S/c9-5-3-4(12-8(13)15)1-2-6(5)14-7(10)11/h1-3,7H,(H2,12,13,15). The second kappa shape index (κ2) is 5.18. The molecule has 1 N–H and O–H groups in total. The SMILES string of the molecule is O=C(S)Nc1ccc(OC(F)F)c(Cl)c1. The summed E-state index contributed by atoms with van der Waals surface area (Å²) in [5.74, 6) is -0.149. The monoisotopic (exact) mass is 253 g/mol. The molecule has 7 heteroatoms. The van der Waals surface area contributed by atoms with Gasteiger partial charge in [0.25, 0.3) is 5.24 Å². The normalized spacial score (nSPS) is 10.2. The molecule has 0 heterocycles. The first-order chi connectivity index (χ1) is 6.99. The van der Waals surface area contributed by atoms with Crippen molar-refractivity contribution in [1.29, 1.82) is 0 Å². The van der Waals surface area contributed by atoms with E-state index in [9.17, 15) is 13.6 Å². The van der Waals surface area contributed by atoms with Crippen molar-refractivity contribution in [3.05, 3.63) is 23.2 Å². The molecule has 0 fully saturated rings. The number of amides is 1. The molecule has 0 radical (unpaired) electrons. The fourth-order valence-electron chi connectivity index (χ4n) is 0.894. The van der Waals surface area contributed by atoms with Crippen LogP contribution in [0.3, 0.4) is 0 Å². The predicted octanol–water partition coefficient (Wildman–Crippen LogP) is 3.40. The molecule has 0 saturated carbocycles. The summed E-state index contributed by atoms with van der Waals surface area (Å²) in [4.78, 5) is 10.5. The van der Waals surface area contributed by atoms with Crippen LogP contribution < -0.4 is 10.1 Å². The number of alkyl halides is 2. The van der Waals surface area contributed by atoms with Gasteiger partial charge in [-0.3, -0.25) is 4.79 Å². The van der Waals surface area contributed by atoms with Crippen LogP contribution in [0.1, 0.15) is 0 Å². The molecule has 0 unspecified atom stereocenters. The van der Waals surface area contributed by atoms with Crippen molar-refractivity contribution in [1.82, 2.24) is 0 Å². The molecule has 0 atom stereocenters. The quantitative estimate of drug-likeness (QED) is 0.811. The van der Waals surface area contributed by atoms with Crippen molar-refractivity contribution in [3.8, 4) is 5.75 Å². The molecule has 3 nitrogen and oxygen atoms in total. The van der Waals surface area contributed by atoms with E-state index in [0.29, 0.717) is 5.69 Å². The van der Waals surface area contributed by atoms with E-state index in [1.807, 2.05) is 0 Å². The molecule has 0 spiro atoms. The summed E-state index contributed by atoms with van der Waals surface area (Å²) in [5, 5.41) is 1.73. The minimum atomic E-state index is -2.94. The Morgan fingerprint density at radius 2 is 2.20 bits per heavy atom. The highest BCUT2D eigenvalue weighted by atomic mass is 35.5. The largest absolute Gasteiger partial charge is 0.433 e. The zero-order valence-corrected chi connectivity index (χ0v) is 8.86. The number of ether oxygens (including phenoxy) is 1. The molecule has 1 amide bonds. The molecule has 15 heavy (non-hydrogen) atoms. The number of rotatable bonds is 3. The summed E-state index contributed by atoms with van der Waals surface area (Å²) in [5.41, 5.74) is 0.349. The Labute approximate surface area is 94.8 Å². The fraction of sp³-hybridized carbons (Fsp3) is 0.125. The summed E-state index contributed by atoms with van der Waals surface area (Å²) in [7, 11) is 0. The predicted molar refractivity (Wildman–Crippen MR) is 56.1 cm³/mol. The van der Waals surface area contributed by atoms with Crippen molar-refractivity contribution in [2.45, 2.75) is 6.61 Å². The van der Waals surface area contributed by atoms with Gasteiger partial charge in [0.15, 0.2) is 0 Å².